The summed E-state index contributed by atoms with van der Waals surface area (Å²) in [6, 6.07) is 0. The van der Waals surface area contributed by atoms with Crippen LogP contribution < -0.4 is 5.73 Å². The van der Waals surface area contributed by atoms with Crippen molar-refractivity contribution >= 4 is 17.1 Å². The molecule has 0 saturated heterocycles. The highest BCUT2D eigenvalue weighted by atomic mass is 32.1. The number of hydrogen-bond donors (Lipinski definition) is 2. The van der Waals surface area contributed by atoms with E-state index >= 15 is 0 Å². The second kappa shape index (κ2) is 2.53. The molecule has 2 nitrogen and oxygen atoms in total. The molecule has 0 aromatic rings. The van der Waals surface area contributed by atoms with Crippen molar-refractivity contribution in [2.45, 2.75) is 26.0 Å². The first-order valence-electron chi connectivity index (χ1n) is 2.53. The van der Waals surface area contributed by atoms with Gasteiger partial charge in [-0.15, -0.1) is 0 Å². The SMILES string of the molecule is CCC(N)(O)C(C)=S. The van der Waals surface area contributed by atoms with Crippen molar-refractivity contribution in [3.63, 3.8) is 0 Å². The van der Waals surface area contributed by atoms with Crippen LogP contribution in [0.4, 0.5) is 0 Å². The Morgan fingerprint density at radius 2 is 2.25 bits per heavy atom. The predicted molar refractivity (Wildman–Crippen MR) is 37.7 cm³/mol. The highest BCUT2D eigenvalue weighted by Gasteiger charge is 2.19. The molecule has 3 heteroatoms. The fourth-order valence-electron chi connectivity index (χ4n) is 0.249. The predicted octanol–water partition coefficient (Wildman–Crippen LogP) is 0.434. The van der Waals surface area contributed by atoms with Gasteiger partial charge in [-0.2, -0.15) is 0 Å². The Labute approximate surface area is 54.7 Å². The molecule has 0 heterocycles. The van der Waals surface area contributed by atoms with Crippen LogP contribution in [-0.4, -0.2) is 15.7 Å². The zero-order valence-corrected chi connectivity index (χ0v) is 5.96. The second-order valence-corrected chi connectivity index (χ2v) is 2.45. The lowest BCUT2D eigenvalue weighted by molar-refractivity contribution is 0.117. The molecule has 0 aromatic heterocycles. The first-order chi connectivity index (χ1) is 3.50. The third kappa shape index (κ3) is 1.86. The van der Waals surface area contributed by atoms with Gasteiger partial charge < -0.3 is 5.11 Å². The molecule has 0 aliphatic carbocycles. The van der Waals surface area contributed by atoms with Gasteiger partial charge in [0.25, 0.3) is 0 Å². The summed E-state index contributed by atoms with van der Waals surface area (Å²) >= 11 is 4.66. The minimum absolute atomic E-state index is 0.444. The van der Waals surface area contributed by atoms with Crippen LogP contribution >= 0.6 is 12.2 Å². The summed E-state index contributed by atoms with van der Waals surface area (Å²) < 4.78 is 0. The topological polar surface area (TPSA) is 46.2 Å². The average molecular weight is 133 g/mol. The Hall–Kier alpha value is 0.01000. The molecule has 0 aliphatic rings. The molecule has 1 unspecified atom stereocenters. The molecule has 0 bridgehead atoms. The van der Waals surface area contributed by atoms with E-state index in [-0.39, 0.29) is 0 Å². The van der Waals surface area contributed by atoms with Gasteiger partial charge in [0.05, 0.1) is 0 Å². The fraction of sp³-hybridized carbons (Fsp3) is 0.800. The van der Waals surface area contributed by atoms with Crippen LogP contribution in [0.1, 0.15) is 20.3 Å². The van der Waals surface area contributed by atoms with Crippen LogP contribution in [0.3, 0.4) is 0 Å². The Morgan fingerprint density at radius 3 is 2.25 bits per heavy atom. The lowest BCUT2D eigenvalue weighted by atomic mass is 10.1. The molecule has 0 radical (unpaired) electrons. The maximum absolute atomic E-state index is 9.04. The molecule has 3 N–H and O–H groups in total. The van der Waals surface area contributed by atoms with Gasteiger partial charge in [-0.25, -0.2) is 0 Å². The van der Waals surface area contributed by atoms with Gasteiger partial charge in [0.1, 0.15) is 5.72 Å². The van der Waals surface area contributed by atoms with E-state index in [1.54, 1.807) is 13.8 Å². The summed E-state index contributed by atoms with van der Waals surface area (Å²) in [6.07, 6.45) is 0.475. The van der Waals surface area contributed by atoms with Crippen LogP contribution in [0, 0.1) is 0 Å². The summed E-state index contributed by atoms with van der Waals surface area (Å²) in [6.45, 7) is 3.43. The van der Waals surface area contributed by atoms with Gasteiger partial charge in [-0.3, -0.25) is 5.73 Å². The molecule has 0 fully saturated rings. The van der Waals surface area contributed by atoms with Gasteiger partial charge >= 0.3 is 0 Å². The molecule has 0 aliphatic heterocycles. The molecule has 0 aromatic carbocycles. The summed E-state index contributed by atoms with van der Waals surface area (Å²) in [7, 11) is 0. The van der Waals surface area contributed by atoms with E-state index in [2.05, 4.69) is 12.2 Å². The molecule has 0 saturated carbocycles. The van der Waals surface area contributed by atoms with Crippen LogP contribution in [0.2, 0.25) is 0 Å². The van der Waals surface area contributed by atoms with E-state index in [1.807, 2.05) is 0 Å². The summed E-state index contributed by atoms with van der Waals surface area (Å²) in [5.74, 6) is 0. The van der Waals surface area contributed by atoms with E-state index in [9.17, 15) is 0 Å². The largest absolute Gasteiger partial charge is 0.371 e. The van der Waals surface area contributed by atoms with Crippen molar-refractivity contribution in [1.82, 2.24) is 0 Å². The van der Waals surface area contributed by atoms with Crippen molar-refractivity contribution in [3.8, 4) is 0 Å². The highest BCUT2D eigenvalue weighted by molar-refractivity contribution is 7.80. The number of nitrogens with two attached hydrogens (primary N) is 1. The molecule has 0 spiro atoms. The van der Waals surface area contributed by atoms with Crippen LogP contribution in [0.15, 0.2) is 0 Å². The van der Waals surface area contributed by atoms with Gasteiger partial charge in [-0.05, 0) is 13.3 Å². The van der Waals surface area contributed by atoms with Crippen LogP contribution in [0.5, 0.6) is 0 Å². The maximum atomic E-state index is 9.04. The zero-order chi connectivity index (χ0) is 6.78. The van der Waals surface area contributed by atoms with Crippen molar-refractivity contribution in [2.75, 3.05) is 0 Å². The normalized spacial score (nSPS) is 17.5. The van der Waals surface area contributed by atoms with Gasteiger partial charge in [0.2, 0.25) is 0 Å². The maximum Gasteiger partial charge on any atom is 0.145 e. The Bertz CT molecular complexity index is 101. The van der Waals surface area contributed by atoms with Crippen molar-refractivity contribution in [1.29, 1.82) is 0 Å². The van der Waals surface area contributed by atoms with Gasteiger partial charge in [0, 0.05) is 4.86 Å². The third-order valence-electron chi connectivity index (χ3n) is 1.15. The molecule has 48 valence electrons. The summed E-state index contributed by atoms with van der Waals surface area (Å²) in [5, 5.41) is 9.04. The van der Waals surface area contributed by atoms with E-state index in [0.717, 1.165) is 0 Å². The first-order valence-corrected chi connectivity index (χ1v) is 2.94. The van der Waals surface area contributed by atoms with Crippen molar-refractivity contribution < 1.29 is 5.11 Å². The molecular weight excluding hydrogens is 122 g/mol. The molecule has 0 rings (SSSR count). The fourth-order valence-corrected chi connectivity index (χ4v) is 0.393. The molecular formula is C5H11NOS. The van der Waals surface area contributed by atoms with Crippen molar-refractivity contribution in [2.24, 2.45) is 5.73 Å². The second-order valence-electron chi connectivity index (χ2n) is 1.83. The minimum Gasteiger partial charge on any atom is -0.371 e. The molecule has 0 amide bonds. The highest BCUT2D eigenvalue weighted by Crippen LogP contribution is 2.02. The number of aliphatic hydroxyl groups is 1. The Balaban J connectivity index is 3.91. The first kappa shape index (κ1) is 8.01. The minimum atomic E-state index is -1.23. The number of rotatable bonds is 2. The number of thiocarbonyl (C=S) groups is 1. The van der Waals surface area contributed by atoms with Crippen LogP contribution in [0.25, 0.3) is 0 Å². The monoisotopic (exact) mass is 133 g/mol. The lowest BCUT2D eigenvalue weighted by Crippen LogP contribution is -2.44. The van der Waals surface area contributed by atoms with Gasteiger partial charge in [-0.1, -0.05) is 19.1 Å². The zero-order valence-electron chi connectivity index (χ0n) is 5.14. The smallest absolute Gasteiger partial charge is 0.145 e. The Kier molecular flexibility index (Phi) is 2.53. The standard InChI is InChI=1S/C5H11NOS/c1-3-5(6,7)4(2)8/h7H,3,6H2,1-2H3. The van der Waals surface area contributed by atoms with Gasteiger partial charge in [0.15, 0.2) is 0 Å². The lowest BCUT2D eigenvalue weighted by Gasteiger charge is -2.18. The molecule has 1 atom stereocenters. The van der Waals surface area contributed by atoms with E-state index in [1.165, 1.54) is 0 Å². The average Bonchev–Trinajstić information content (AvgIpc) is 1.67. The van der Waals surface area contributed by atoms with E-state index in [4.69, 9.17) is 10.8 Å². The summed E-state index contributed by atoms with van der Waals surface area (Å²) in [4.78, 5) is 0.444. The summed E-state index contributed by atoms with van der Waals surface area (Å²) in [5.41, 5.74) is 4.05. The number of hydrogen-bond acceptors (Lipinski definition) is 3. The Morgan fingerprint density at radius 1 is 1.88 bits per heavy atom. The van der Waals surface area contributed by atoms with Crippen molar-refractivity contribution in [3.05, 3.63) is 0 Å². The van der Waals surface area contributed by atoms with E-state index in [0.29, 0.717) is 11.3 Å². The molecule has 8 heavy (non-hydrogen) atoms. The quantitative estimate of drug-likeness (QED) is 0.424. The third-order valence-corrected chi connectivity index (χ3v) is 1.50. The van der Waals surface area contributed by atoms with Crippen LogP contribution in [-0.2, 0) is 0 Å². The van der Waals surface area contributed by atoms with E-state index < -0.39 is 5.72 Å².